The van der Waals surface area contributed by atoms with Crippen molar-refractivity contribution in [1.29, 1.82) is 0 Å². The van der Waals surface area contributed by atoms with E-state index in [1.54, 1.807) is 0 Å². The smallest absolute Gasteiger partial charge is 0.155 e. The first-order chi connectivity index (χ1) is 6.28. The standard InChI is InChI=1S/C11H19NO/c1-2-6-11(7-3-8-12-11)10(13)9-4-5-9/h9,12H,2-8H2,1H3. The topological polar surface area (TPSA) is 29.1 Å². The molecule has 2 heteroatoms. The van der Waals surface area contributed by atoms with Gasteiger partial charge in [-0.2, -0.15) is 0 Å². The predicted octanol–water partition coefficient (Wildman–Crippen LogP) is 1.89. The number of Topliss-reactive ketones (excluding diaryl/α,β-unsaturated/α-hetero) is 1. The van der Waals surface area contributed by atoms with Crippen molar-refractivity contribution in [2.24, 2.45) is 5.92 Å². The second-order valence-electron chi connectivity index (χ2n) is 4.50. The van der Waals surface area contributed by atoms with E-state index >= 15 is 0 Å². The molecule has 2 fully saturated rings. The molecule has 1 saturated heterocycles. The molecule has 0 bridgehead atoms. The van der Waals surface area contributed by atoms with Crippen molar-refractivity contribution < 1.29 is 4.79 Å². The Morgan fingerprint density at radius 3 is 2.77 bits per heavy atom. The lowest BCUT2D eigenvalue weighted by Gasteiger charge is -2.27. The summed E-state index contributed by atoms with van der Waals surface area (Å²) in [5, 5.41) is 3.44. The molecule has 0 aromatic rings. The lowest BCUT2D eigenvalue weighted by Crippen LogP contribution is -2.48. The molecule has 1 aliphatic heterocycles. The fourth-order valence-electron chi connectivity index (χ4n) is 2.52. The molecule has 0 spiro atoms. The minimum absolute atomic E-state index is 0.101. The summed E-state index contributed by atoms with van der Waals surface area (Å²) in [6.07, 6.45) is 6.71. The lowest BCUT2D eigenvalue weighted by atomic mass is 9.85. The number of ketones is 1. The fraction of sp³-hybridized carbons (Fsp3) is 0.909. The number of carbonyl (C=O) groups excluding carboxylic acids is 1. The van der Waals surface area contributed by atoms with Crippen LogP contribution in [0.5, 0.6) is 0 Å². The Bertz CT molecular complexity index is 202. The molecule has 1 unspecified atom stereocenters. The first-order valence-corrected chi connectivity index (χ1v) is 5.58. The molecule has 1 saturated carbocycles. The second-order valence-corrected chi connectivity index (χ2v) is 4.50. The largest absolute Gasteiger partial charge is 0.305 e. The summed E-state index contributed by atoms with van der Waals surface area (Å²) in [7, 11) is 0. The molecule has 0 aromatic carbocycles. The van der Waals surface area contributed by atoms with Gasteiger partial charge in [-0.25, -0.2) is 0 Å². The quantitative estimate of drug-likeness (QED) is 0.717. The summed E-state index contributed by atoms with van der Waals surface area (Å²) < 4.78 is 0. The van der Waals surface area contributed by atoms with Crippen LogP contribution < -0.4 is 5.32 Å². The van der Waals surface area contributed by atoms with E-state index in [0.29, 0.717) is 11.7 Å². The van der Waals surface area contributed by atoms with Gasteiger partial charge in [0.15, 0.2) is 5.78 Å². The highest BCUT2D eigenvalue weighted by Crippen LogP contribution is 2.38. The summed E-state index contributed by atoms with van der Waals surface area (Å²) in [4.78, 5) is 12.1. The van der Waals surface area contributed by atoms with E-state index in [-0.39, 0.29) is 5.54 Å². The molecule has 2 nitrogen and oxygen atoms in total. The molecule has 0 aromatic heterocycles. The first-order valence-electron chi connectivity index (χ1n) is 5.58. The van der Waals surface area contributed by atoms with E-state index in [2.05, 4.69) is 12.2 Å². The van der Waals surface area contributed by atoms with Gasteiger partial charge in [0.2, 0.25) is 0 Å². The molecule has 1 heterocycles. The highest BCUT2D eigenvalue weighted by Gasteiger charge is 2.46. The van der Waals surface area contributed by atoms with Gasteiger partial charge in [0.1, 0.15) is 0 Å². The van der Waals surface area contributed by atoms with Crippen LogP contribution in [0.15, 0.2) is 0 Å². The highest BCUT2D eigenvalue weighted by atomic mass is 16.1. The van der Waals surface area contributed by atoms with Crippen LogP contribution in [0.2, 0.25) is 0 Å². The highest BCUT2D eigenvalue weighted by molar-refractivity contribution is 5.92. The Morgan fingerprint density at radius 2 is 2.31 bits per heavy atom. The maximum atomic E-state index is 12.1. The van der Waals surface area contributed by atoms with Crippen molar-refractivity contribution in [3.63, 3.8) is 0 Å². The molecule has 0 radical (unpaired) electrons. The molecule has 13 heavy (non-hydrogen) atoms. The zero-order valence-corrected chi connectivity index (χ0v) is 8.44. The monoisotopic (exact) mass is 181 g/mol. The van der Waals surface area contributed by atoms with Gasteiger partial charge in [-0.1, -0.05) is 13.3 Å². The lowest BCUT2D eigenvalue weighted by molar-refractivity contribution is -0.126. The van der Waals surface area contributed by atoms with Crippen LogP contribution in [-0.2, 0) is 4.79 Å². The first kappa shape index (κ1) is 9.20. The third kappa shape index (κ3) is 1.64. The van der Waals surface area contributed by atoms with Crippen molar-refractivity contribution in [2.75, 3.05) is 6.54 Å². The zero-order valence-electron chi connectivity index (χ0n) is 8.44. The summed E-state index contributed by atoms with van der Waals surface area (Å²) in [5.41, 5.74) is -0.101. The van der Waals surface area contributed by atoms with E-state index in [4.69, 9.17) is 0 Å². The Labute approximate surface area is 80.1 Å². The molecule has 1 N–H and O–H groups in total. The molecular weight excluding hydrogens is 162 g/mol. The normalized spacial score (nSPS) is 33.6. The fourth-order valence-corrected chi connectivity index (χ4v) is 2.52. The Balaban J connectivity index is 2.06. The van der Waals surface area contributed by atoms with Gasteiger partial charge in [-0.3, -0.25) is 4.79 Å². The Morgan fingerprint density at radius 1 is 1.54 bits per heavy atom. The molecule has 1 aliphatic carbocycles. The van der Waals surface area contributed by atoms with Crippen LogP contribution in [0.3, 0.4) is 0 Å². The van der Waals surface area contributed by atoms with Crippen molar-refractivity contribution in [2.45, 2.75) is 51.0 Å². The number of rotatable bonds is 4. The van der Waals surface area contributed by atoms with E-state index in [9.17, 15) is 4.79 Å². The minimum atomic E-state index is -0.101. The van der Waals surface area contributed by atoms with Crippen LogP contribution in [0, 0.1) is 5.92 Å². The second kappa shape index (κ2) is 3.41. The molecule has 2 aliphatic rings. The molecule has 2 rings (SSSR count). The number of carbonyl (C=O) groups is 1. The molecule has 0 amide bonds. The summed E-state index contributed by atoms with van der Waals surface area (Å²) >= 11 is 0. The SMILES string of the molecule is CCCC1(C(=O)C2CC2)CCCN1. The van der Waals surface area contributed by atoms with Crippen molar-refractivity contribution in [3.8, 4) is 0 Å². The van der Waals surface area contributed by atoms with Crippen LogP contribution >= 0.6 is 0 Å². The van der Waals surface area contributed by atoms with Crippen molar-refractivity contribution >= 4 is 5.78 Å². The maximum Gasteiger partial charge on any atom is 0.155 e. The van der Waals surface area contributed by atoms with E-state index in [1.807, 2.05) is 0 Å². The Hall–Kier alpha value is -0.370. The van der Waals surface area contributed by atoms with Gasteiger partial charge in [0.05, 0.1) is 5.54 Å². The van der Waals surface area contributed by atoms with Crippen LogP contribution in [0.4, 0.5) is 0 Å². The molecule has 74 valence electrons. The van der Waals surface area contributed by atoms with Gasteiger partial charge in [-0.15, -0.1) is 0 Å². The zero-order chi connectivity index (χ0) is 9.31. The van der Waals surface area contributed by atoms with Gasteiger partial charge < -0.3 is 5.32 Å². The summed E-state index contributed by atoms with van der Waals surface area (Å²) in [6, 6.07) is 0. The number of hydrogen-bond donors (Lipinski definition) is 1. The van der Waals surface area contributed by atoms with Crippen molar-refractivity contribution in [3.05, 3.63) is 0 Å². The summed E-state index contributed by atoms with van der Waals surface area (Å²) in [5.74, 6) is 0.934. The van der Waals surface area contributed by atoms with Gasteiger partial charge in [-0.05, 0) is 38.6 Å². The van der Waals surface area contributed by atoms with Gasteiger partial charge in [0.25, 0.3) is 0 Å². The maximum absolute atomic E-state index is 12.1. The van der Waals surface area contributed by atoms with Crippen molar-refractivity contribution in [1.82, 2.24) is 5.32 Å². The average molecular weight is 181 g/mol. The molecule has 1 atom stereocenters. The van der Waals surface area contributed by atoms with E-state index < -0.39 is 0 Å². The third-order valence-electron chi connectivity index (χ3n) is 3.34. The predicted molar refractivity (Wildman–Crippen MR) is 52.6 cm³/mol. The van der Waals surface area contributed by atoms with E-state index in [0.717, 1.165) is 38.6 Å². The van der Waals surface area contributed by atoms with Gasteiger partial charge in [0, 0.05) is 5.92 Å². The van der Waals surface area contributed by atoms with E-state index in [1.165, 1.54) is 6.42 Å². The summed E-state index contributed by atoms with van der Waals surface area (Å²) in [6.45, 7) is 3.21. The number of hydrogen-bond acceptors (Lipinski definition) is 2. The molecular formula is C11H19NO. The third-order valence-corrected chi connectivity index (χ3v) is 3.34. The van der Waals surface area contributed by atoms with Crippen LogP contribution in [-0.4, -0.2) is 17.9 Å². The van der Waals surface area contributed by atoms with Crippen LogP contribution in [0.25, 0.3) is 0 Å². The van der Waals surface area contributed by atoms with Gasteiger partial charge >= 0.3 is 0 Å². The average Bonchev–Trinajstić information content (AvgIpc) is 2.87. The minimum Gasteiger partial charge on any atom is -0.305 e. The van der Waals surface area contributed by atoms with Crippen LogP contribution in [0.1, 0.15) is 45.4 Å². The number of nitrogens with one attached hydrogen (secondary N) is 1. The Kier molecular flexibility index (Phi) is 2.41.